The van der Waals surface area contributed by atoms with Gasteiger partial charge in [0.25, 0.3) is 10.2 Å². The van der Waals surface area contributed by atoms with E-state index in [4.69, 9.17) is 9.84 Å². The van der Waals surface area contributed by atoms with Gasteiger partial charge in [-0.25, -0.2) is 0 Å². The molecule has 7 heteroatoms. The fraction of sp³-hybridized carbons (Fsp3) is 1.00. The van der Waals surface area contributed by atoms with E-state index < -0.39 is 10.2 Å². The normalized spacial score (nSPS) is 19.9. The van der Waals surface area contributed by atoms with Crippen molar-refractivity contribution >= 4 is 10.2 Å². The molecule has 0 atom stereocenters. The Balaban J connectivity index is 2.52. The summed E-state index contributed by atoms with van der Waals surface area (Å²) in [5.74, 6) is 0. The number of rotatable bonds is 6. The molecule has 18 heavy (non-hydrogen) atoms. The highest BCUT2D eigenvalue weighted by molar-refractivity contribution is 7.86. The number of nitrogens with zero attached hydrogens (tertiary/aromatic N) is 2. The van der Waals surface area contributed by atoms with Gasteiger partial charge in [-0.1, -0.05) is 0 Å². The molecule has 1 aliphatic rings. The lowest BCUT2D eigenvalue weighted by Crippen LogP contribution is -2.48. The summed E-state index contributed by atoms with van der Waals surface area (Å²) in [6.07, 6.45) is 1.43. The van der Waals surface area contributed by atoms with E-state index in [-0.39, 0.29) is 18.8 Å². The van der Waals surface area contributed by atoms with Gasteiger partial charge in [-0.2, -0.15) is 17.0 Å². The molecular formula is C11H24N2O4S. The Hall–Kier alpha value is -0.210. The summed E-state index contributed by atoms with van der Waals surface area (Å²) in [6.45, 7) is 5.01. The Morgan fingerprint density at radius 1 is 1.39 bits per heavy atom. The van der Waals surface area contributed by atoms with Crippen LogP contribution in [0.5, 0.6) is 0 Å². The van der Waals surface area contributed by atoms with Crippen molar-refractivity contribution in [3.63, 3.8) is 0 Å². The van der Waals surface area contributed by atoms with Gasteiger partial charge in [0.2, 0.25) is 0 Å². The summed E-state index contributed by atoms with van der Waals surface area (Å²) in [5.41, 5.74) is 0. The lowest BCUT2D eigenvalue weighted by Gasteiger charge is -2.34. The predicted octanol–water partition coefficient (Wildman–Crippen LogP) is 0.0447. The minimum atomic E-state index is -3.34. The molecule has 1 heterocycles. The Kier molecular flexibility index (Phi) is 6.00. The highest BCUT2D eigenvalue weighted by Crippen LogP contribution is 2.19. The first-order valence-corrected chi connectivity index (χ1v) is 7.75. The lowest BCUT2D eigenvalue weighted by atomic mass is 10.1. The van der Waals surface area contributed by atoms with Gasteiger partial charge in [0.05, 0.1) is 19.3 Å². The van der Waals surface area contributed by atoms with E-state index in [1.54, 1.807) is 7.05 Å². The van der Waals surface area contributed by atoms with Crippen LogP contribution >= 0.6 is 0 Å². The Bertz CT molecular complexity index is 337. The third kappa shape index (κ3) is 3.89. The topological polar surface area (TPSA) is 70.1 Å². The van der Waals surface area contributed by atoms with Gasteiger partial charge in [-0.15, -0.1) is 0 Å². The second-order valence-corrected chi connectivity index (χ2v) is 6.80. The van der Waals surface area contributed by atoms with E-state index in [1.807, 2.05) is 13.8 Å². The smallest absolute Gasteiger partial charge is 0.281 e. The van der Waals surface area contributed by atoms with E-state index in [0.717, 1.165) is 0 Å². The molecule has 1 fully saturated rings. The first-order chi connectivity index (χ1) is 8.39. The Morgan fingerprint density at radius 3 is 2.39 bits per heavy atom. The van der Waals surface area contributed by atoms with Crippen molar-refractivity contribution in [3.05, 3.63) is 0 Å². The van der Waals surface area contributed by atoms with Gasteiger partial charge < -0.3 is 9.84 Å². The summed E-state index contributed by atoms with van der Waals surface area (Å²) in [4.78, 5) is 0. The average molecular weight is 280 g/mol. The van der Waals surface area contributed by atoms with Gasteiger partial charge in [0.15, 0.2) is 0 Å². The molecule has 0 aromatic rings. The van der Waals surface area contributed by atoms with Gasteiger partial charge in [0, 0.05) is 26.2 Å². The van der Waals surface area contributed by atoms with Crippen molar-refractivity contribution in [2.45, 2.75) is 38.8 Å². The van der Waals surface area contributed by atoms with E-state index in [2.05, 4.69) is 0 Å². The van der Waals surface area contributed by atoms with Crippen molar-refractivity contribution in [1.82, 2.24) is 8.61 Å². The van der Waals surface area contributed by atoms with Crippen molar-refractivity contribution in [2.24, 2.45) is 0 Å². The molecule has 1 N–H and O–H groups in total. The van der Waals surface area contributed by atoms with E-state index >= 15 is 0 Å². The zero-order chi connectivity index (χ0) is 13.8. The summed E-state index contributed by atoms with van der Waals surface area (Å²) in [6, 6.07) is -0.0432. The molecule has 0 aromatic heterocycles. The predicted molar refractivity (Wildman–Crippen MR) is 69.5 cm³/mol. The molecule has 0 spiro atoms. The zero-order valence-corrected chi connectivity index (χ0v) is 12.2. The molecule has 6 nitrogen and oxygen atoms in total. The molecule has 0 saturated carbocycles. The van der Waals surface area contributed by atoms with Crippen molar-refractivity contribution < 1.29 is 18.3 Å². The van der Waals surface area contributed by atoms with Crippen LogP contribution in [-0.4, -0.2) is 67.6 Å². The Morgan fingerprint density at radius 2 is 1.94 bits per heavy atom. The summed E-state index contributed by atoms with van der Waals surface area (Å²) >= 11 is 0. The second kappa shape index (κ2) is 6.81. The number of aliphatic hydroxyl groups excluding tert-OH is 1. The molecule has 1 rings (SSSR count). The van der Waals surface area contributed by atoms with Crippen LogP contribution in [0.2, 0.25) is 0 Å². The van der Waals surface area contributed by atoms with Gasteiger partial charge in [0.1, 0.15) is 0 Å². The number of hydrogen-bond donors (Lipinski definition) is 1. The summed E-state index contributed by atoms with van der Waals surface area (Å²) in [7, 11) is -1.74. The molecule has 0 amide bonds. The van der Waals surface area contributed by atoms with Crippen LogP contribution < -0.4 is 0 Å². The standard InChI is InChI=1S/C11H24N2O4S/c1-10(2)12(3)18(15,16)13-6-4-11(5-7-13)17-9-8-14/h10-11,14H,4-9H2,1-3H3. The van der Waals surface area contributed by atoms with Crippen LogP contribution in [0, 0.1) is 0 Å². The number of aliphatic hydroxyl groups is 1. The number of hydrogen-bond acceptors (Lipinski definition) is 4. The molecule has 0 aliphatic carbocycles. The van der Waals surface area contributed by atoms with Crippen LogP contribution in [0.25, 0.3) is 0 Å². The number of piperidine rings is 1. The summed E-state index contributed by atoms with van der Waals surface area (Å²) in [5, 5.41) is 8.67. The third-order valence-electron chi connectivity index (χ3n) is 3.26. The van der Waals surface area contributed by atoms with Crippen LogP contribution in [0.15, 0.2) is 0 Å². The molecule has 0 aromatic carbocycles. The minimum absolute atomic E-state index is 0.00853. The Labute approximate surface area is 110 Å². The van der Waals surface area contributed by atoms with Crippen molar-refractivity contribution in [2.75, 3.05) is 33.4 Å². The van der Waals surface area contributed by atoms with Crippen molar-refractivity contribution in [1.29, 1.82) is 0 Å². The molecule has 0 unspecified atom stereocenters. The molecule has 0 radical (unpaired) electrons. The van der Waals surface area contributed by atoms with E-state index in [0.29, 0.717) is 32.5 Å². The second-order valence-electron chi connectivity index (χ2n) is 4.81. The lowest BCUT2D eigenvalue weighted by molar-refractivity contribution is 0.00256. The minimum Gasteiger partial charge on any atom is -0.394 e. The van der Waals surface area contributed by atoms with Crippen molar-refractivity contribution in [3.8, 4) is 0 Å². The first kappa shape index (κ1) is 15.8. The monoisotopic (exact) mass is 280 g/mol. The largest absolute Gasteiger partial charge is 0.394 e. The van der Waals surface area contributed by atoms with Crippen LogP contribution in [0.3, 0.4) is 0 Å². The summed E-state index contributed by atoms with van der Waals surface area (Å²) < 4.78 is 32.8. The van der Waals surface area contributed by atoms with E-state index in [9.17, 15) is 8.42 Å². The van der Waals surface area contributed by atoms with Crippen LogP contribution in [0.4, 0.5) is 0 Å². The first-order valence-electron chi connectivity index (χ1n) is 6.35. The fourth-order valence-electron chi connectivity index (χ4n) is 1.90. The quantitative estimate of drug-likeness (QED) is 0.746. The maximum Gasteiger partial charge on any atom is 0.281 e. The molecule has 0 bridgehead atoms. The van der Waals surface area contributed by atoms with Gasteiger partial charge in [-0.05, 0) is 26.7 Å². The molecule has 1 aliphatic heterocycles. The van der Waals surface area contributed by atoms with Gasteiger partial charge >= 0.3 is 0 Å². The molecular weight excluding hydrogens is 256 g/mol. The maximum atomic E-state index is 12.2. The van der Waals surface area contributed by atoms with Gasteiger partial charge in [-0.3, -0.25) is 0 Å². The van der Waals surface area contributed by atoms with Crippen LogP contribution in [0.1, 0.15) is 26.7 Å². The SMILES string of the molecule is CC(C)N(C)S(=O)(=O)N1CCC(OCCO)CC1. The van der Waals surface area contributed by atoms with E-state index in [1.165, 1.54) is 8.61 Å². The average Bonchev–Trinajstić information content (AvgIpc) is 2.35. The fourth-order valence-corrected chi connectivity index (χ4v) is 3.47. The number of ether oxygens (including phenoxy) is 1. The maximum absolute atomic E-state index is 12.2. The zero-order valence-electron chi connectivity index (χ0n) is 11.4. The highest BCUT2D eigenvalue weighted by Gasteiger charge is 2.32. The van der Waals surface area contributed by atoms with Crippen LogP contribution in [-0.2, 0) is 14.9 Å². The molecule has 1 saturated heterocycles. The molecule has 108 valence electrons. The highest BCUT2D eigenvalue weighted by atomic mass is 32.2. The third-order valence-corrected chi connectivity index (χ3v) is 5.43.